The van der Waals surface area contributed by atoms with Crippen LogP contribution in [0.15, 0.2) is 36.4 Å². The topological polar surface area (TPSA) is 43.9 Å². The molecule has 0 aliphatic carbocycles. The number of aryl methyl sites for hydroxylation is 1. The van der Waals surface area contributed by atoms with Crippen LogP contribution in [0.4, 0.5) is 35.5 Å². The van der Waals surface area contributed by atoms with E-state index in [2.05, 4.69) is 0 Å². The third kappa shape index (κ3) is 7.26. The van der Waals surface area contributed by atoms with Crippen LogP contribution in [-0.4, -0.2) is 53.3 Å². The number of rotatable bonds is 4. The van der Waals surface area contributed by atoms with Gasteiger partial charge < -0.3 is 14.7 Å². The van der Waals surface area contributed by atoms with E-state index in [0.717, 1.165) is 23.3 Å². The maximum Gasteiger partial charge on any atom is 0.416 e. The molecule has 43 heavy (non-hydrogen) atoms. The SMILES string of the molecule is CC(=O)N1CCC([C@H]2CCN(C(=O)N(C)[C@H](C)c3cc(C(F)(F)F)cc(C(F)(F)F)c3)[C@@H](c3ccc(F)cc3C)C2)CC1. The summed E-state index contributed by atoms with van der Waals surface area (Å²) < 4.78 is 95.0. The maximum atomic E-state index is 14.0. The number of carbonyl (C=O) groups is 2. The summed E-state index contributed by atoms with van der Waals surface area (Å²) in [7, 11) is 1.36. The van der Waals surface area contributed by atoms with E-state index >= 15 is 0 Å². The molecule has 3 amide bonds. The highest BCUT2D eigenvalue weighted by atomic mass is 19.4. The molecule has 0 N–H and O–H groups in total. The molecular weight excluding hydrogens is 579 g/mol. The van der Waals surface area contributed by atoms with E-state index in [4.69, 9.17) is 0 Å². The molecule has 0 radical (unpaired) electrons. The van der Waals surface area contributed by atoms with Crippen molar-refractivity contribution in [1.29, 1.82) is 0 Å². The van der Waals surface area contributed by atoms with Gasteiger partial charge in [0.1, 0.15) is 5.82 Å². The number of carbonyl (C=O) groups excluding carboxylic acids is 2. The molecule has 2 fully saturated rings. The Kier molecular flexibility index (Phi) is 9.37. The van der Waals surface area contributed by atoms with Gasteiger partial charge in [0.15, 0.2) is 0 Å². The summed E-state index contributed by atoms with van der Waals surface area (Å²) in [6, 6.07) is 3.54. The number of benzene rings is 2. The fourth-order valence-electron chi connectivity index (χ4n) is 6.46. The lowest BCUT2D eigenvalue weighted by Crippen LogP contribution is -2.49. The van der Waals surface area contributed by atoms with E-state index in [0.29, 0.717) is 56.1 Å². The predicted molar refractivity (Wildman–Crippen MR) is 146 cm³/mol. The number of urea groups is 1. The van der Waals surface area contributed by atoms with Crippen molar-refractivity contribution in [3.05, 3.63) is 70.0 Å². The van der Waals surface area contributed by atoms with Crippen LogP contribution in [0.5, 0.6) is 0 Å². The summed E-state index contributed by atoms with van der Waals surface area (Å²) in [4.78, 5) is 30.3. The van der Waals surface area contributed by atoms with Gasteiger partial charge >= 0.3 is 18.4 Å². The first-order valence-electron chi connectivity index (χ1n) is 14.3. The molecule has 2 heterocycles. The first-order chi connectivity index (χ1) is 20.0. The largest absolute Gasteiger partial charge is 0.416 e. The van der Waals surface area contributed by atoms with Gasteiger partial charge in [-0.15, -0.1) is 0 Å². The minimum Gasteiger partial charge on any atom is -0.343 e. The quantitative estimate of drug-likeness (QED) is 0.327. The summed E-state index contributed by atoms with van der Waals surface area (Å²) in [5.41, 5.74) is -1.80. The molecule has 2 aliphatic rings. The van der Waals surface area contributed by atoms with Gasteiger partial charge in [0.05, 0.1) is 23.2 Å². The number of hydrogen-bond acceptors (Lipinski definition) is 2. The van der Waals surface area contributed by atoms with Gasteiger partial charge in [-0.25, -0.2) is 9.18 Å². The maximum absolute atomic E-state index is 14.0. The summed E-state index contributed by atoms with van der Waals surface area (Å²) in [6.07, 6.45) is -7.16. The Morgan fingerprint density at radius 1 is 0.884 bits per heavy atom. The number of halogens is 7. The Morgan fingerprint density at radius 2 is 1.44 bits per heavy atom. The third-order valence-electron chi connectivity index (χ3n) is 9.11. The van der Waals surface area contributed by atoms with Crippen LogP contribution in [0, 0.1) is 24.6 Å². The Hall–Kier alpha value is -3.31. The molecule has 3 atom stereocenters. The van der Waals surface area contributed by atoms with Crippen molar-refractivity contribution in [2.45, 2.75) is 70.9 Å². The average molecular weight is 616 g/mol. The summed E-state index contributed by atoms with van der Waals surface area (Å²) in [6.45, 7) is 6.28. The number of piperidine rings is 2. The first kappa shape index (κ1) is 32.6. The highest BCUT2D eigenvalue weighted by molar-refractivity contribution is 5.75. The van der Waals surface area contributed by atoms with Gasteiger partial charge in [-0.2, -0.15) is 26.3 Å². The van der Waals surface area contributed by atoms with E-state index in [1.54, 1.807) is 24.8 Å². The highest BCUT2D eigenvalue weighted by Gasteiger charge is 2.41. The van der Waals surface area contributed by atoms with Crippen LogP contribution in [-0.2, 0) is 17.1 Å². The van der Waals surface area contributed by atoms with Crippen LogP contribution >= 0.6 is 0 Å². The van der Waals surface area contributed by atoms with Crippen molar-refractivity contribution in [1.82, 2.24) is 14.7 Å². The fourth-order valence-corrected chi connectivity index (χ4v) is 6.46. The average Bonchev–Trinajstić information content (AvgIpc) is 2.94. The second kappa shape index (κ2) is 12.4. The molecule has 4 rings (SSSR count). The normalized spacial score (nSPS) is 21.1. The molecule has 2 aromatic carbocycles. The van der Waals surface area contributed by atoms with E-state index in [-0.39, 0.29) is 23.5 Å². The summed E-state index contributed by atoms with van der Waals surface area (Å²) in [5, 5.41) is 0. The van der Waals surface area contributed by atoms with Gasteiger partial charge in [-0.1, -0.05) is 6.07 Å². The number of likely N-dealkylation sites (tertiary alicyclic amines) is 2. The lowest BCUT2D eigenvalue weighted by Gasteiger charge is -2.46. The molecule has 0 spiro atoms. The number of nitrogens with zero attached hydrogens (tertiary/aromatic N) is 3. The van der Waals surface area contributed by atoms with Crippen LogP contribution in [0.25, 0.3) is 0 Å². The smallest absolute Gasteiger partial charge is 0.343 e. The molecule has 0 bridgehead atoms. The Labute approximate surface area is 246 Å². The zero-order valence-corrected chi connectivity index (χ0v) is 24.5. The fraction of sp³-hybridized carbons (Fsp3) is 0.548. The second-order valence-electron chi connectivity index (χ2n) is 11.7. The van der Waals surface area contributed by atoms with Crippen molar-refractivity contribution in [2.24, 2.45) is 11.8 Å². The van der Waals surface area contributed by atoms with Gasteiger partial charge in [0.25, 0.3) is 0 Å². The number of alkyl halides is 6. The predicted octanol–water partition coefficient (Wildman–Crippen LogP) is 8.00. The van der Waals surface area contributed by atoms with Gasteiger partial charge in [0, 0.05) is 33.6 Å². The van der Waals surface area contributed by atoms with Crippen molar-refractivity contribution in [3.63, 3.8) is 0 Å². The van der Waals surface area contributed by atoms with Gasteiger partial charge in [-0.05, 0) is 98.4 Å². The number of hydrogen-bond donors (Lipinski definition) is 0. The minimum absolute atomic E-state index is 0.0268. The van der Waals surface area contributed by atoms with Crippen LogP contribution < -0.4 is 0 Å². The van der Waals surface area contributed by atoms with E-state index in [1.165, 1.54) is 26.1 Å². The molecule has 0 saturated carbocycles. The second-order valence-corrected chi connectivity index (χ2v) is 11.7. The lowest BCUT2D eigenvalue weighted by molar-refractivity contribution is -0.143. The highest BCUT2D eigenvalue weighted by Crippen LogP contribution is 2.43. The van der Waals surface area contributed by atoms with Crippen molar-refractivity contribution >= 4 is 11.9 Å². The van der Waals surface area contributed by atoms with Crippen molar-refractivity contribution in [2.75, 3.05) is 26.7 Å². The molecule has 5 nitrogen and oxygen atoms in total. The summed E-state index contributed by atoms with van der Waals surface area (Å²) in [5.74, 6) is 0.129. The van der Waals surface area contributed by atoms with Crippen LogP contribution in [0.1, 0.15) is 79.4 Å². The molecule has 0 aromatic heterocycles. The van der Waals surface area contributed by atoms with Gasteiger partial charge in [0.2, 0.25) is 5.91 Å². The van der Waals surface area contributed by atoms with Crippen LogP contribution in [0.2, 0.25) is 0 Å². The standard InChI is InChI=1S/C31H36F7N3O2/c1-18-13-26(32)5-6-27(18)28-16-22(21-7-10-40(11-8-21)20(3)42)9-12-41(28)29(43)39(4)19(2)23-14-24(30(33,34)35)17-25(15-23)31(36,37)38/h5-6,13-15,17,19,21-22,28H,7-12,16H2,1-4H3/t19-,22+,28-/m1/s1. The van der Waals surface area contributed by atoms with E-state index in [9.17, 15) is 40.3 Å². The Balaban J connectivity index is 1.62. The van der Waals surface area contributed by atoms with E-state index in [1.807, 2.05) is 4.90 Å². The molecule has 2 aromatic rings. The van der Waals surface area contributed by atoms with E-state index < -0.39 is 47.4 Å². The third-order valence-corrected chi connectivity index (χ3v) is 9.11. The summed E-state index contributed by atoms with van der Waals surface area (Å²) >= 11 is 0. The zero-order chi connectivity index (χ0) is 31.9. The lowest BCUT2D eigenvalue weighted by atomic mass is 9.75. The van der Waals surface area contributed by atoms with Gasteiger partial charge in [-0.3, -0.25) is 4.79 Å². The van der Waals surface area contributed by atoms with Crippen molar-refractivity contribution < 1.29 is 40.3 Å². The molecule has 2 saturated heterocycles. The molecule has 12 heteroatoms. The zero-order valence-electron chi connectivity index (χ0n) is 24.5. The number of amides is 3. The van der Waals surface area contributed by atoms with Crippen LogP contribution in [0.3, 0.4) is 0 Å². The Bertz CT molecular complexity index is 1300. The molecular formula is C31H36F7N3O2. The Morgan fingerprint density at radius 3 is 1.95 bits per heavy atom. The molecule has 0 unspecified atom stereocenters. The van der Waals surface area contributed by atoms with Crippen molar-refractivity contribution in [3.8, 4) is 0 Å². The minimum atomic E-state index is -5.01. The first-order valence-corrected chi connectivity index (χ1v) is 14.3. The molecule has 2 aliphatic heterocycles. The molecule has 236 valence electrons. The monoisotopic (exact) mass is 615 g/mol.